The average molecular weight is 560 g/mol. The highest BCUT2D eigenvalue weighted by atomic mass is 32.1. The van der Waals surface area contributed by atoms with Gasteiger partial charge in [-0.1, -0.05) is 37.1 Å². The summed E-state index contributed by atoms with van der Waals surface area (Å²) in [5.41, 5.74) is 2.22. The number of pyridine rings is 1. The van der Waals surface area contributed by atoms with Crippen molar-refractivity contribution in [3.05, 3.63) is 66.0 Å². The van der Waals surface area contributed by atoms with E-state index in [2.05, 4.69) is 51.4 Å². The molecule has 1 aliphatic heterocycles. The van der Waals surface area contributed by atoms with Gasteiger partial charge < -0.3 is 14.4 Å². The summed E-state index contributed by atoms with van der Waals surface area (Å²) in [6.07, 6.45) is 6.88. The molecule has 1 atom stereocenters. The van der Waals surface area contributed by atoms with Gasteiger partial charge >= 0.3 is 5.97 Å². The fraction of sp³-hybridized carbons (Fsp3) is 0.455. The van der Waals surface area contributed by atoms with Gasteiger partial charge in [-0.15, -0.1) is 11.3 Å². The molecule has 1 unspecified atom stereocenters. The molecule has 3 heterocycles. The minimum absolute atomic E-state index is 0.215. The number of hydrogen-bond donors (Lipinski definition) is 0. The number of anilines is 1. The number of esters is 1. The number of fused-ring (bicyclic) bond motifs is 2. The van der Waals surface area contributed by atoms with Gasteiger partial charge in [0.25, 0.3) is 0 Å². The molecule has 0 saturated carbocycles. The third-order valence-corrected chi connectivity index (χ3v) is 8.62. The Labute approximate surface area is 241 Å². The lowest BCUT2D eigenvalue weighted by Gasteiger charge is -2.36. The second kappa shape index (κ2) is 14.6. The van der Waals surface area contributed by atoms with Gasteiger partial charge in [0, 0.05) is 66.4 Å². The van der Waals surface area contributed by atoms with Crippen molar-refractivity contribution >= 4 is 44.0 Å². The van der Waals surface area contributed by atoms with Crippen molar-refractivity contribution in [2.75, 3.05) is 44.2 Å². The topological polar surface area (TPSA) is 54.9 Å². The molecule has 0 radical (unpaired) electrons. The smallest absolute Gasteiger partial charge is 0.312 e. The van der Waals surface area contributed by atoms with E-state index in [-0.39, 0.29) is 12.1 Å². The Balaban J connectivity index is 0.873. The first kappa shape index (κ1) is 28.5. The summed E-state index contributed by atoms with van der Waals surface area (Å²) in [6.45, 7) is 8.59. The third kappa shape index (κ3) is 8.03. The third-order valence-electron chi connectivity index (χ3n) is 7.74. The van der Waals surface area contributed by atoms with Crippen molar-refractivity contribution in [3.63, 3.8) is 0 Å². The molecule has 1 aliphatic rings. The van der Waals surface area contributed by atoms with Crippen molar-refractivity contribution in [3.8, 4) is 5.88 Å². The monoisotopic (exact) mass is 559 g/mol. The molecule has 1 fully saturated rings. The molecule has 0 N–H and O–H groups in total. The SMILES string of the molecule is CC(CCCCCC(=O)Oc1ccc2ccccc2n1)OCCCCN1CCN(c2cccc3sccc23)CC1. The van der Waals surface area contributed by atoms with E-state index in [0.29, 0.717) is 12.3 Å². The Hall–Kier alpha value is -3.00. The number of thiophene rings is 1. The molecule has 7 heteroatoms. The highest BCUT2D eigenvalue weighted by Crippen LogP contribution is 2.31. The minimum atomic E-state index is -0.215. The normalized spacial score (nSPS) is 15.1. The lowest BCUT2D eigenvalue weighted by Crippen LogP contribution is -2.46. The van der Waals surface area contributed by atoms with E-state index in [1.807, 2.05) is 41.7 Å². The molecule has 2 aromatic heterocycles. The van der Waals surface area contributed by atoms with Gasteiger partial charge in [0.15, 0.2) is 0 Å². The zero-order chi connectivity index (χ0) is 27.6. The predicted molar refractivity (Wildman–Crippen MR) is 166 cm³/mol. The summed E-state index contributed by atoms with van der Waals surface area (Å²) < 4.78 is 12.9. The Kier molecular flexibility index (Phi) is 10.4. The Morgan fingerprint density at radius 3 is 2.70 bits per heavy atom. The number of nitrogens with zero attached hydrogens (tertiary/aromatic N) is 3. The largest absolute Gasteiger partial charge is 0.407 e. The van der Waals surface area contributed by atoms with Crippen LogP contribution in [0.2, 0.25) is 0 Å². The van der Waals surface area contributed by atoms with Crippen molar-refractivity contribution < 1.29 is 14.3 Å². The second-order valence-electron chi connectivity index (χ2n) is 10.7. The number of piperazine rings is 1. The number of ether oxygens (including phenoxy) is 2. The van der Waals surface area contributed by atoms with Crippen molar-refractivity contribution in [1.82, 2.24) is 9.88 Å². The van der Waals surface area contributed by atoms with Crippen LogP contribution >= 0.6 is 11.3 Å². The van der Waals surface area contributed by atoms with E-state index in [0.717, 1.165) is 82.3 Å². The molecular formula is C33H41N3O3S. The summed E-state index contributed by atoms with van der Waals surface area (Å²) in [6, 6.07) is 20.4. The second-order valence-corrected chi connectivity index (χ2v) is 11.7. The van der Waals surface area contributed by atoms with Crippen molar-refractivity contribution in [1.29, 1.82) is 0 Å². The quantitative estimate of drug-likeness (QED) is 0.119. The maximum Gasteiger partial charge on any atom is 0.312 e. The van der Waals surface area contributed by atoms with E-state index >= 15 is 0 Å². The molecule has 0 amide bonds. The summed E-state index contributed by atoms with van der Waals surface area (Å²) in [7, 11) is 0. The van der Waals surface area contributed by atoms with Gasteiger partial charge in [0.05, 0.1) is 11.6 Å². The molecule has 1 saturated heterocycles. The fourth-order valence-electron chi connectivity index (χ4n) is 5.42. The molecule has 40 heavy (non-hydrogen) atoms. The van der Waals surface area contributed by atoms with E-state index in [4.69, 9.17) is 9.47 Å². The first-order valence-electron chi connectivity index (χ1n) is 14.8. The zero-order valence-corrected chi connectivity index (χ0v) is 24.4. The van der Waals surface area contributed by atoms with E-state index in [9.17, 15) is 4.79 Å². The van der Waals surface area contributed by atoms with Crippen LogP contribution in [0.25, 0.3) is 21.0 Å². The Morgan fingerprint density at radius 2 is 1.80 bits per heavy atom. The maximum atomic E-state index is 12.2. The van der Waals surface area contributed by atoms with Gasteiger partial charge in [-0.05, 0) is 74.9 Å². The predicted octanol–water partition coefficient (Wildman–Crippen LogP) is 7.31. The van der Waals surface area contributed by atoms with Gasteiger partial charge in [-0.25, -0.2) is 4.98 Å². The van der Waals surface area contributed by atoms with Crippen LogP contribution in [0.4, 0.5) is 5.69 Å². The molecule has 0 bridgehead atoms. The Bertz CT molecular complexity index is 1370. The maximum absolute atomic E-state index is 12.2. The van der Waals surface area contributed by atoms with Crippen molar-refractivity contribution in [2.24, 2.45) is 0 Å². The van der Waals surface area contributed by atoms with E-state index in [1.54, 1.807) is 6.07 Å². The summed E-state index contributed by atoms with van der Waals surface area (Å²) in [4.78, 5) is 21.7. The number of para-hydroxylation sites is 1. The number of benzene rings is 2. The highest BCUT2D eigenvalue weighted by Gasteiger charge is 2.18. The van der Waals surface area contributed by atoms with Gasteiger partial charge in [-0.3, -0.25) is 9.69 Å². The van der Waals surface area contributed by atoms with E-state index in [1.165, 1.54) is 22.2 Å². The van der Waals surface area contributed by atoms with Gasteiger partial charge in [0.2, 0.25) is 5.88 Å². The minimum Gasteiger partial charge on any atom is -0.407 e. The number of carbonyl (C=O) groups excluding carboxylic acids is 1. The van der Waals surface area contributed by atoms with Crippen LogP contribution in [0, 0.1) is 0 Å². The number of unbranched alkanes of at least 4 members (excludes halogenated alkanes) is 3. The number of hydrogen-bond acceptors (Lipinski definition) is 7. The van der Waals surface area contributed by atoms with Crippen LogP contribution in [0.3, 0.4) is 0 Å². The van der Waals surface area contributed by atoms with Gasteiger partial charge in [-0.2, -0.15) is 0 Å². The molecular weight excluding hydrogens is 518 g/mol. The van der Waals surface area contributed by atoms with E-state index < -0.39 is 0 Å². The van der Waals surface area contributed by atoms with Crippen LogP contribution in [0.5, 0.6) is 5.88 Å². The zero-order valence-electron chi connectivity index (χ0n) is 23.6. The van der Waals surface area contributed by atoms with Crippen LogP contribution < -0.4 is 9.64 Å². The number of aromatic nitrogens is 1. The van der Waals surface area contributed by atoms with Gasteiger partial charge in [0.1, 0.15) is 0 Å². The number of rotatable bonds is 14. The molecule has 5 rings (SSSR count). The molecule has 6 nitrogen and oxygen atoms in total. The van der Waals surface area contributed by atoms with Crippen LogP contribution in [0.1, 0.15) is 51.9 Å². The van der Waals surface area contributed by atoms with Crippen LogP contribution in [-0.2, 0) is 9.53 Å². The average Bonchev–Trinajstić information content (AvgIpc) is 3.46. The molecule has 4 aromatic rings. The lowest BCUT2D eigenvalue weighted by molar-refractivity contribution is -0.134. The first-order valence-corrected chi connectivity index (χ1v) is 15.7. The molecule has 0 aliphatic carbocycles. The summed E-state index contributed by atoms with van der Waals surface area (Å²) in [5.74, 6) is 0.160. The Morgan fingerprint density at radius 1 is 0.925 bits per heavy atom. The first-order chi connectivity index (χ1) is 19.7. The highest BCUT2D eigenvalue weighted by molar-refractivity contribution is 7.17. The molecule has 0 spiro atoms. The molecule has 2 aromatic carbocycles. The fourth-order valence-corrected chi connectivity index (χ4v) is 6.23. The lowest BCUT2D eigenvalue weighted by atomic mass is 10.1. The standard InChI is InChI=1S/C33H41N3O3S/c1-26(10-3-2-4-15-33(37)39-32-17-16-27-11-5-6-12-29(27)34-32)38-24-8-7-19-35-20-22-36(23-21-35)30-13-9-14-31-28(30)18-25-40-31/h5-6,9,11-14,16-18,25-26H,2-4,7-8,10,15,19-24H2,1H3. The number of carbonyl (C=O) groups is 1. The van der Waals surface area contributed by atoms with Crippen molar-refractivity contribution in [2.45, 2.75) is 58.0 Å². The molecule has 212 valence electrons. The van der Waals surface area contributed by atoms with Crippen LogP contribution in [0.15, 0.2) is 66.0 Å². The summed E-state index contributed by atoms with van der Waals surface area (Å²) >= 11 is 1.82. The van der Waals surface area contributed by atoms with Crippen LogP contribution in [-0.4, -0.2) is 61.3 Å². The summed E-state index contributed by atoms with van der Waals surface area (Å²) in [5, 5.41) is 4.62.